The second-order valence-corrected chi connectivity index (χ2v) is 9.79. The number of hydrogen-bond donors (Lipinski definition) is 0. The van der Waals surface area contributed by atoms with Crippen molar-refractivity contribution in [2.75, 3.05) is 0 Å². The molecule has 0 saturated heterocycles. The van der Waals surface area contributed by atoms with E-state index in [-0.39, 0.29) is 11.4 Å². The number of aromatic nitrogens is 6. The van der Waals surface area contributed by atoms with E-state index in [1.807, 2.05) is 35.2 Å². The highest BCUT2D eigenvalue weighted by atomic mass is 32.1. The topological polar surface area (TPSA) is 70.0 Å². The van der Waals surface area contributed by atoms with E-state index in [1.165, 1.54) is 34.6 Å². The fourth-order valence-corrected chi connectivity index (χ4v) is 5.51. The first-order valence-corrected chi connectivity index (χ1v) is 12.3. The van der Waals surface area contributed by atoms with Crippen LogP contribution >= 0.6 is 11.5 Å². The average molecular weight is 511 g/mol. The summed E-state index contributed by atoms with van der Waals surface area (Å²) in [5.41, 5.74) is 1.30. The van der Waals surface area contributed by atoms with Crippen LogP contribution in [-0.4, -0.2) is 28.1 Å². The highest BCUT2D eigenvalue weighted by Crippen LogP contribution is 2.44. The van der Waals surface area contributed by atoms with Gasteiger partial charge in [-0.2, -0.15) is 17.5 Å². The summed E-state index contributed by atoms with van der Waals surface area (Å²) in [6.07, 6.45) is 2.90. The molecule has 1 fully saturated rings. The maximum Gasteiger partial charge on any atom is 0.418 e. The largest absolute Gasteiger partial charge is 0.418 e. The van der Waals surface area contributed by atoms with Gasteiger partial charge in [0.15, 0.2) is 0 Å². The highest BCUT2D eigenvalue weighted by Gasteiger charge is 2.35. The quantitative estimate of drug-likeness (QED) is 0.322. The Kier molecular flexibility index (Phi) is 5.32. The van der Waals surface area contributed by atoms with Crippen molar-refractivity contribution in [1.29, 1.82) is 0 Å². The molecule has 0 aliphatic heterocycles. The molecule has 1 aliphatic carbocycles. The maximum atomic E-state index is 13.7. The standard InChI is InChI=1S/C25H21F3N6OS/c1-32-14-29-30-23(32)22(15-4-2-5-15)17-10-16(20-7-9-36-31-20)11-18(12-17)34-13-21-19(25(26,27)28)6-3-8-33(21)24(34)35/h3,6-15,22H,2,4-5H2,1H3. The zero-order chi connectivity index (χ0) is 25.0. The van der Waals surface area contributed by atoms with Gasteiger partial charge in [-0.1, -0.05) is 6.42 Å². The molecule has 1 atom stereocenters. The zero-order valence-electron chi connectivity index (χ0n) is 19.2. The third-order valence-corrected chi connectivity index (χ3v) is 7.52. The molecule has 11 heteroatoms. The predicted molar refractivity (Wildman–Crippen MR) is 129 cm³/mol. The summed E-state index contributed by atoms with van der Waals surface area (Å²) in [5, 5.41) is 10.3. The number of hydrogen-bond acceptors (Lipinski definition) is 5. The number of fused-ring (bicyclic) bond motifs is 1. The van der Waals surface area contributed by atoms with Gasteiger partial charge in [0.1, 0.15) is 12.2 Å². The molecule has 1 saturated carbocycles. The van der Waals surface area contributed by atoms with Crippen molar-refractivity contribution in [3.63, 3.8) is 0 Å². The first-order chi connectivity index (χ1) is 17.3. The Bertz CT molecular complexity index is 1610. The number of halogens is 3. The molecule has 0 bridgehead atoms. The Morgan fingerprint density at radius 2 is 2.00 bits per heavy atom. The number of alkyl halides is 3. The van der Waals surface area contributed by atoms with Crippen LogP contribution in [0.5, 0.6) is 0 Å². The lowest BCUT2D eigenvalue weighted by Gasteiger charge is -2.33. The number of benzene rings is 1. The van der Waals surface area contributed by atoms with Crippen LogP contribution in [0.2, 0.25) is 0 Å². The van der Waals surface area contributed by atoms with E-state index >= 15 is 0 Å². The van der Waals surface area contributed by atoms with E-state index in [4.69, 9.17) is 0 Å². The van der Waals surface area contributed by atoms with Gasteiger partial charge >= 0.3 is 11.9 Å². The third-order valence-electron chi connectivity index (χ3n) is 6.96. The second-order valence-electron chi connectivity index (χ2n) is 9.12. The predicted octanol–water partition coefficient (Wildman–Crippen LogP) is 5.29. The number of nitrogens with zero attached hydrogens (tertiary/aromatic N) is 6. The fourth-order valence-electron chi connectivity index (χ4n) is 4.98. The summed E-state index contributed by atoms with van der Waals surface area (Å²) in [6.45, 7) is 0. The molecule has 184 valence electrons. The Morgan fingerprint density at radius 3 is 2.64 bits per heavy atom. The van der Waals surface area contributed by atoms with Crippen molar-refractivity contribution in [2.45, 2.75) is 31.4 Å². The van der Waals surface area contributed by atoms with Crippen molar-refractivity contribution >= 4 is 17.0 Å². The minimum atomic E-state index is -4.58. The van der Waals surface area contributed by atoms with Crippen molar-refractivity contribution < 1.29 is 13.2 Å². The third kappa shape index (κ3) is 3.74. The van der Waals surface area contributed by atoms with Gasteiger partial charge in [0.2, 0.25) is 0 Å². The number of aryl methyl sites for hydroxylation is 1. The molecular formula is C25H21F3N6OS. The Balaban J connectivity index is 1.59. The summed E-state index contributed by atoms with van der Waals surface area (Å²) >= 11 is 1.31. The molecule has 1 aromatic carbocycles. The minimum Gasteiger partial charge on any atom is -0.320 e. The van der Waals surface area contributed by atoms with E-state index in [2.05, 4.69) is 14.6 Å². The molecule has 4 aromatic heterocycles. The van der Waals surface area contributed by atoms with Gasteiger partial charge in [-0.05, 0) is 72.3 Å². The van der Waals surface area contributed by atoms with E-state index in [1.54, 1.807) is 12.4 Å². The van der Waals surface area contributed by atoms with E-state index < -0.39 is 17.4 Å². The molecule has 1 unspecified atom stereocenters. The second kappa shape index (κ2) is 8.44. The van der Waals surface area contributed by atoms with Crippen molar-refractivity contribution in [3.8, 4) is 16.9 Å². The van der Waals surface area contributed by atoms with Gasteiger partial charge < -0.3 is 4.57 Å². The van der Waals surface area contributed by atoms with Crippen molar-refractivity contribution in [3.05, 3.63) is 87.9 Å². The average Bonchev–Trinajstić information content (AvgIpc) is 3.56. The van der Waals surface area contributed by atoms with Crippen LogP contribution in [0.4, 0.5) is 13.2 Å². The molecule has 7 nitrogen and oxygen atoms in total. The van der Waals surface area contributed by atoms with Gasteiger partial charge in [-0.25, -0.2) is 4.79 Å². The van der Waals surface area contributed by atoms with Crippen LogP contribution < -0.4 is 5.69 Å². The number of imidazole rings is 1. The minimum absolute atomic E-state index is 0.0675. The fraction of sp³-hybridized carbons (Fsp3) is 0.280. The zero-order valence-corrected chi connectivity index (χ0v) is 20.0. The highest BCUT2D eigenvalue weighted by molar-refractivity contribution is 7.03. The molecule has 0 N–H and O–H groups in total. The molecule has 0 radical (unpaired) electrons. The summed E-state index contributed by atoms with van der Waals surface area (Å²) in [5.74, 6) is 1.10. The van der Waals surface area contributed by atoms with Gasteiger partial charge in [0.25, 0.3) is 0 Å². The van der Waals surface area contributed by atoms with Crippen molar-refractivity contribution in [2.24, 2.45) is 13.0 Å². The maximum absolute atomic E-state index is 13.7. The molecule has 0 spiro atoms. The van der Waals surface area contributed by atoms with E-state index in [0.29, 0.717) is 11.6 Å². The van der Waals surface area contributed by atoms with Crippen LogP contribution in [0.3, 0.4) is 0 Å². The Hall–Kier alpha value is -3.73. The molecule has 1 aliphatic rings. The monoisotopic (exact) mass is 510 g/mol. The molecular weight excluding hydrogens is 489 g/mol. The molecule has 5 aromatic rings. The van der Waals surface area contributed by atoms with Crippen LogP contribution in [0.15, 0.2) is 65.3 Å². The van der Waals surface area contributed by atoms with Crippen LogP contribution in [0.25, 0.3) is 22.5 Å². The first-order valence-electron chi connectivity index (χ1n) is 11.5. The normalized spacial score (nSPS) is 15.3. The summed E-state index contributed by atoms with van der Waals surface area (Å²) in [6, 6.07) is 9.81. The van der Waals surface area contributed by atoms with Gasteiger partial charge in [0.05, 0.1) is 22.5 Å². The lowest BCUT2D eigenvalue weighted by molar-refractivity contribution is -0.136. The molecule has 4 heterocycles. The summed E-state index contributed by atoms with van der Waals surface area (Å²) in [7, 11) is 1.90. The smallest absolute Gasteiger partial charge is 0.320 e. The summed E-state index contributed by atoms with van der Waals surface area (Å²) < 4.78 is 49.7. The molecule has 0 amide bonds. The molecule has 6 rings (SSSR count). The molecule has 36 heavy (non-hydrogen) atoms. The van der Waals surface area contributed by atoms with Gasteiger partial charge in [0, 0.05) is 36.3 Å². The van der Waals surface area contributed by atoms with E-state index in [9.17, 15) is 18.0 Å². The van der Waals surface area contributed by atoms with Crippen LogP contribution in [-0.2, 0) is 13.2 Å². The van der Waals surface area contributed by atoms with Gasteiger partial charge in [-0.3, -0.25) is 8.97 Å². The van der Waals surface area contributed by atoms with Crippen LogP contribution in [0, 0.1) is 5.92 Å². The summed E-state index contributed by atoms with van der Waals surface area (Å²) in [4.78, 5) is 13.3. The first kappa shape index (κ1) is 22.7. The Labute approximate surface area is 207 Å². The lowest BCUT2D eigenvalue weighted by Crippen LogP contribution is -2.24. The van der Waals surface area contributed by atoms with Gasteiger partial charge in [-0.15, -0.1) is 10.2 Å². The number of pyridine rings is 1. The van der Waals surface area contributed by atoms with Crippen molar-refractivity contribution in [1.82, 2.24) is 28.1 Å². The number of rotatable bonds is 5. The SMILES string of the molecule is Cn1cnnc1C(c1cc(-c2ccsn2)cc(-n2cc3c(C(F)(F)F)cccn3c2=O)c1)C1CCC1. The Morgan fingerprint density at radius 1 is 1.17 bits per heavy atom. The van der Waals surface area contributed by atoms with Crippen LogP contribution in [0.1, 0.15) is 42.1 Å². The lowest BCUT2D eigenvalue weighted by atomic mass is 9.72. The van der Waals surface area contributed by atoms with E-state index in [0.717, 1.165) is 52.4 Å².